The molecule has 1 aliphatic rings. The van der Waals surface area contributed by atoms with Gasteiger partial charge in [-0.3, -0.25) is 9.88 Å². The van der Waals surface area contributed by atoms with Gasteiger partial charge in [0.1, 0.15) is 12.4 Å². The SMILES string of the molecule is O=C(O)C(F)(F)F.O=C(O)C(F)(F)F.O=C(O)C(F)(F)F.c1ccc(CN2CCc3nnc(COc4ccccn4)n3CC2)nc1. The van der Waals surface area contributed by atoms with Crippen molar-refractivity contribution in [2.45, 2.75) is 44.6 Å². The summed E-state index contributed by atoms with van der Waals surface area (Å²) in [4.78, 5) is 37.7. The molecule has 0 aliphatic carbocycles. The molecule has 0 spiro atoms. The van der Waals surface area contributed by atoms with Gasteiger partial charge in [0.15, 0.2) is 5.82 Å². The number of carboxylic acids is 3. The van der Waals surface area contributed by atoms with Gasteiger partial charge in [-0.1, -0.05) is 12.1 Å². The van der Waals surface area contributed by atoms with Gasteiger partial charge in [0.2, 0.25) is 5.88 Å². The lowest BCUT2D eigenvalue weighted by atomic mass is 10.3. The smallest absolute Gasteiger partial charge is 0.475 e. The third kappa shape index (κ3) is 15.1. The Hall–Kier alpha value is -5.02. The molecule has 4 heterocycles. The van der Waals surface area contributed by atoms with Gasteiger partial charge in [0, 0.05) is 51.1 Å². The fraction of sp³-hybridized carbons (Fsp3) is 0.375. The number of hydrogen-bond acceptors (Lipinski definition) is 9. The van der Waals surface area contributed by atoms with Crippen LogP contribution in [0.3, 0.4) is 0 Å². The molecule has 0 atom stereocenters. The molecule has 22 heteroatoms. The lowest BCUT2D eigenvalue weighted by molar-refractivity contribution is -0.193. The summed E-state index contributed by atoms with van der Waals surface area (Å²) in [5.41, 5.74) is 1.10. The summed E-state index contributed by atoms with van der Waals surface area (Å²) in [6.45, 7) is 3.99. The van der Waals surface area contributed by atoms with Gasteiger partial charge in [0.25, 0.3) is 0 Å². The molecule has 3 N–H and O–H groups in total. The maximum absolute atomic E-state index is 10.6. The van der Waals surface area contributed by atoms with E-state index < -0.39 is 36.4 Å². The Balaban J connectivity index is 0.000000413. The van der Waals surface area contributed by atoms with E-state index in [0.717, 1.165) is 49.9 Å². The summed E-state index contributed by atoms with van der Waals surface area (Å²) < 4.78 is 103. The number of pyridine rings is 2. The van der Waals surface area contributed by atoms with Crippen LogP contribution in [0.1, 0.15) is 17.3 Å². The maximum atomic E-state index is 10.6. The first-order valence-electron chi connectivity index (χ1n) is 12.2. The second-order valence-electron chi connectivity index (χ2n) is 8.40. The molecule has 0 saturated carbocycles. The van der Waals surface area contributed by atoms with Crippen LogP contribution in [0.5, 0.6) is 5.88 Å². The molecule has 0 amide bonds. The molecule has 46 heavy (non-hydrogen) atoms. The zero-order valence-corrected chi connectivity index (χ0v) is 22.9. The van der Waals surface area contributed by atoms with Crippen LogP contribution in [0.25, 0.3) is 0 Å². The van der Waals surface area contributed by atoms with Crippen LogP contribution in [-0.2, 0) is 40.5 Å². The standard InChI is InChI=1S/C18H20N6O.3C2HF3O2/c1-3-8-19-15(5-1)13-23-10-7-16-21-22-17(24(16)12-11-23)14-25-18-6-2-4-9-20-18;3*3-2(4,5)1(6)7/h1-6,8-9H,7,10-14H2;3*(H,6,7). The number of rotatable bonds is 5. The normalized spacial score (nSPS) is 13.2. The van der Waals surface area contributed by atoms with Crippen molar-refractivity contribution in [3.05, 3.63) is 66.1 Å². The van der Waals surface area contributed by atoms with E-state index in [1.807, 2.05) is 36.5 Å². The molecular weight excluding hydrogens is 655 g/mol. The Bertz CT molecular complexity index is 1330. The van der Waals surface area contributed by atoms with Crippen LogP contribution in [-0.4, -0.2) is 94.5 Å². The highest BCUT2D eigenvalue weighted by atomic mass is 19.4. The molecule has 4 rings (SSSR count). The summed E-state index contributed by atoms with van der Waals surface area (Å²) >= 11 is 0. The van der Waals surface area contributed by atoms with Crippen molar-refractivity contribution in [2.75, 3.05) is 13.1 Å². The van der Waals surface area contributed by atoms with Crippen molar-refractivity contribution >= 4 is 17.9 Å². The highest BCUT2D eigenvalue weighted by Gasteiger charge is 2.39. The molecule has 3 aromatic heterocycles. The Labute approximate surface area is 251 Å². The predicted molar refractivity (Wildman–Crippen MR) is 133 cm³/mol. The monoisotopic (exact) mass is 678 g/mol. The van der Waals surface area contributed by atoms with E-state index in [1.165, 1.54) is 0 Å². The van der Waals surface area contributed by atoms with E-state index in [1.54, 1.807) is 6.20 Å². The predicted octanol–water partition coefficient (Wildman–Crippen LogP) is 3.61. The van der Waals surface area contributed by atoms with E-state index in [0.29, 0.717) is 12.5 Å². The summed E-state index contributed by atoms with van der Waals surface area (Å²) in [5.74, 6) is -5.80. The van der Waals surface area contributed by atoms with Gasteiger partial charge in [-0.15, -0.1) is 10.2 Å². The Morgan fingerprint density at radius 3 is 1.65 bits per heavy atom. The van der Waals surface area contributed by atoms with Crippen molar-refractivity contribution < 1.29 is 74.0 Å². The first-order chi connectivity index (χ1) is 21.2. The zero-order valence-electron chi connectivity index (χ0n) is 22.9. The number of nitrogens with zero attached hydrogens (tertiary/aromatic N) is 6. The third-order valence-electron chi connectivity index (χ3n) is 5.02. The Kier molecular flexibility index (Phi) is 14.8. The van der Waals surface area contributed by atoms with Crippen molar-refractivity contribution in [3.63, 3.8) is 0 Å². The van der Waals surface area contributed by atoms with Gasteiger partial charge in [-0.05, 0) is 18.2 Å². The number of aromatic nitrogens is 5. The minimum absolute atomic E-state index is 0.379. The minimum Gasteiger partial charge on any atom is -0.475 e. The van der Waals surface area contributed by atoms with Crippen LogP contribution in [0.4, 0.5) is 39.5 Å². The molecule has 0 aromatic carbocycles. The average molecular weight is 678 g/mol. The van der Waals surface area contributed by atoms with Crippen LogP contribution in [0.15, 0.2) is 48.8 Å². The summed E-state index contributed by atoms with van der Waals surface area (Å²) in [7, 11) is 0. The number of fused-ring (bicyclic) bond motifs is 1. The number of carboxylic acid groups (broad SMARTS) is 3. The van der Waals surface area contributed by atoms with Crippen molar-refractivity contribution in [1.82, 2.24) is 29.6 Å². The molecular formula is C24H23F9N6O7. The van der Waals surface area contributed by atoms with Crippen molar-refractivity contribution in [2.24, 2.45) is 0 Å². The molecule has 13 nitrogen and oxygen atoms in total. The van der Waals surface area contributed by atoms with Gasteiger partial charge < -0.3 is 24.6 Å². The fourth-order valence-electron chi connectivity index (χ4n) is 2.98. The largest absolute Gasteiger partial charge is 0.490 e. The lowest BCUT2D eigenvalue weighted by Crippen LogP contribution is -2.27. The molecule has 1 aliphatic heterocycles. The molecule has 0 saturated heterocycles. The number of carbonyl (C=O) groups is 3. The first kappa shape index (κ1) is 39.0. The van der Waals surface area contributed by atoms with E-state index in [2.05, 4.69) is 35.7 Å². The topological polar surface area (TPSA) is 181 Å². The molecule has 0 radical (unpaired) electrons. The molecule has 3 aromatic rings. The highest BCUT2D eigenvalue weighted by molar-refractivity contribution is 5.73. The van der Waals surface area contributed by atoms with Gasteiger partial charge in [-0.2, -0.15) is 39.5 Å². The quantitative estimate of drug-likeness (QED) is 0.334. The third-order valence-corrected chi connectivity index (χ3v) is 5.02. The van der Waals surface area contributed by atoms with E-state index in [9.17, 15) is 39.5 Å². The summed E-state index contributed by atoms with van der Waals surface area (Å²) in [6, 6.07) is 11.7. The van der Waals surface area contributed by atoms with Gasteiger partial charge in [-0.25, -0.2) is 19.4 Å². The molecule has 0 fully saturated rings. The number of ether oxygens (including phenoxy) is 1. The van der Waals surface area contributed by atoms with Crippen molar-refractivity contribution in [1.29, 1.82) is 0 Å². The Morgan fingerprint density at radius 2 is 1.22 bits per heavy atom. The van der Waals surface area contributed by atoms with Gasteiger partial charge >= 0.3 is 36.4 Å². The second kappa shape index (κ2) is 17.5. The van der Waals surface area contributed by atoms with E-state index in [-0.39, 0.29) is 0 Å². The summed E-state index contributed by atoms with van der Waals surface area (Å²) in [5, 5.41) is 30.0. The summed E-state index contributed by atoms with van der Waals surface area (Å²) in [6.07, 6.45) is -10.8. The zero-order chi connectivity index (χ0) is 35.1. The maximum Gasteiger partial charge on any atom is 0.490 e. The Morgan fingerprint density at radius 1 is 0.717 bits per heavy atom. The van der Waals surface area contributed by atoms with Gasteiger partial charge in [0.05, 0.1) is 5.69 Å². The molecule has 0 unspecified atom stereocenters. The van der Waals surface area contributed by atoms with Crippen LogP contribution in [0, 0.1) is 0 Å². The second-order valence-corrected chi connectivity index (χ2v) is 8.40. The minimum atomic E-state index is -5.08. The van der Waals surface area contributed by atoms with Crippen molar-refractivity contribution in [3.8, 4) is 5.88 Å². The number of halogens is 9. The highest BCUT2D eigenvalue weighted by Crippen LogP contribution is 2.15. The van der Waals surface area contributed by atoms with Crippen LogP contribution >= 0.6 is 0 Å². The number of alkyl halides is 9. The molecule has 254 valence electrons. The van der Waals surface area contributed by atoms with Crippen LogP contribution < -0.4 is 4.74 Å². The fourth-order valence-corrected chi connectivity index (χ4v) is 2.98. The molecule has 0 bridgehead atoms. The number of aliphatic carboxylic acids is 3. The average Bonchev–Trinajstić information content (AvgIpc) is 3.24. The van der Waals surface area contributed by atoms with E-state index >= 15 is 0 Å². The van der Waals surface area contributed by atoms with E-state index in [4.69, 9.17) is 34.4 Å². The first-order valence-corrected chi connectivity index (χ1v) is 12.2. The lowest BCUT2D eigenvalue weighted by Gasteiger charge is -2.18. The van der Waals surface area contributed by atoms with Crippen LogP contribution in [0.2, 0.25) is 0 Å². The number of hydrogen-bond donors (Lipinski definition) is 3.